The maximum absolute atomic E-state index is 10.3. The third-order valence-electron chi connectivity index (χ3n) is 4.38. The molecule has 1 unspecified atom stereocenters. The summed E-state index contributed by atoms with van der Waals surface area (Å²) in [4.78, 5) is 4.46. The summed E-state index contributed by atoms with van der Waals surface area (Å²) in [7, 11) is 0. The number of nitrogens with zero attached hydrogens (tertiary/aromatic N) is 1. The summed E-state index contributed by atoms with van der Waals surface area (Å²) in [5.74, 6) is 0.778. The summed E-state index contributed by atoms with van der Waals surface area (Å²) >= 11 is 0. The van der Waals surface area contributed by atoms with Gasteiger partial charge in [-0.05, 0) is 36.2 Å². The number of ether oxygens (including phenoxy) is 1. The molecule has 0 bridgehead atoms. The summed E-state index contributed by atoms with van der Waals surface area (Å²) in [5.41, 5.74) is 2.95. The number of unbranched alkanes of at least 4 members (excludes halogenated alkanes) is 2. The minimum Gasteiger partial charge on any atom is -0.489 e. The Hall–Kier alpha value is -2.39. The SMILES string of the molecule is CCCCCC(O)c1cccc(OCc2cnc3ccccc3c2)c1. The lowest BCUT2D eigenvalue weighted by molar-refractivity contribution is 0.163. The van der Waals surface area contributed by atoms with E-state index >= 15 is 0 Å². The van der Waals surface area contributed by atoms with Crippen LogP contribution in [0, 0.1) is 0 Å². The van der Waals surface area contributed by atoms with Crippen molar-refractivity contribution in [3.8, 4) is 5.75 Å². The van der Waals surface area contributed by atoms with Crippen LogP contribution >= 0.6 is 0 Å². The molecule has 0 saturated heterocycles. The Kier molecular flexibility index (Phi) is 6.02. The van der Waals surface area contributed by atoms with E-state index in [1.54, 1.807) is 0 Å². The highest BCUT2D eigenvalue weighted by Crippen LogP contribution is 2.24. The van der Waals surface area contributed by atoms with Gasteiger partial charge in [0.2, 0.25) is 0 Å². The predicted octanol–water partition coefficient (Wildman–Crippen LogP) is 5.43. The normalized spacial score (nSPS) is 12.2. The first-order chi connectivity index (χ1) is 12.3. The summed E-state index contributed by atoms with van der Waals surface area (Å²) in [6, 6.07) is 17.9. The minimum atomic E-state index is -0.419. The number of pyridine rings is 1. The topological polar surface area (TPSA) is 42.4 Å². The maximum Gasteiger partial charge on any atom is 0.120 e. The molecule has 3 nitrogen and oxygen atoms in total. The summed E-state index contributed by atoms with van der Waals surface area (Å²) < 4.78 is 5.91. The number of fused-ring (bicyclic) bond motifs is 1. The molecule has 0 fully saturated rings. The number of benzene rings is 2. The van der Waals surface area contributed by atoms with Crippen LogP contribution in [-0.2, 0) is 6.61 Å². The van der Waals surface area contributed by atoms with Crippen LogP contribution in [0.25, 0.3) is 10.9 Å². The fourth-order valence-electron chi connectivity index (χ4n) is 2.93. The molecule has 0 aliphatic carbocycles. The van der Waals surface area contributed by atoms with E-state index in [2.05, 4.69) is 24.0 Å². The van der Waals surface area contributed by atoms with Crippen LogP contribution in [-0.4, -0.2) is 10.1 Å². The van der Waals surface area contributed by atoms with Crippen LogP contribution < -0.4 is 4.74 Å². The van der Waals surface area contributed by atoms with Gasteiger partial charge >= 0.3 is 0 Å². The number of para-hydroxylation sites is 1. The van der Waals surface area contributed by atoms with Gasteiger partial charge in [-0.3, -0.25) is 4.98 Å². The van der Waals surface area contributed by atoms with Crippen molar-refractivity contribution in [1.29, 1.82) is 0 Å². The lowest BCUT2D eigenvalue weighted by Crippen LogP contribution is -2.00. The standard InChI is InChI=1S/C22H25NO2/c1-2-3-4-12-22(24)19-9-7-10-20(14-19)25-16-17-13-18-8-5-6-11-21(18)23-15-17/h5-11,13-15,22,24H,2-4,12,16H2,1H3. The van der Waals surface area contributed by atoms with Crippen LogP contribution in [0.4, 0.5) is 0 Å². The van der Waals surface area contributed by atoms with Gasteiger partial charge in [-0.25, -0.2) is 0 Å². The van der Waals surface area contributed by atoms with E-state index in [1.807, 2.05) is 48.7 Å². The Morgan fingerprint density at radius 3 is 2.80 bits per heavy atom. The van der Waals surface area contributed by atoms with Crippen molar-refractivity contribution in [3.63, 3.8) is 0 Å². The van der Waals surface area contributed by atoms with Crippen molar-refractivity contribution in [2.45, 2.75) is 45.3 Å². The van der Waals surface area contributed by atoms with Gasteiger partial charge in [-0.15, -0.1) is 0 Å². The lowest BCUT2D eigenvalue weighted by Gasteiger charge is -2.13. The molecule has 3 rings (SSSR count). The molecule has 1 heterocycles. The first-order valence-corrected chi connectivity index (χ1v) is 9.01. The van der Waals surface area contributed by atoms with Crippen molar-refractivity contribution in [3.05, 3.63) is 71.9 Å². The van der Waals surface area contributed by atoms with Crippen LogP contribution in [0.3, 0.4) is 0 Å². The Morgan fingerprint density at radius 1 is 1.04 bits per heavy atom. The third kappa shape index (κ3) is 4.80. The van der Waals surface area contributed by atoms with Crippen molar-refractivity contribution >= 4 is 10.9 Å². The van der Waals surface area contributed by atoms with E-state index < -0.39 is 6.10 Å². The van der Waals surface area contributed by atoms with Crippen LogP contribution in [0.2, 0.25) is 0 Å². The van der Waals surface area contributed by atoms with E-state index in [0.29, 0.717) is 6.61 Å². The number of rotatable bonds is 8. The van der Waals surface area contributed by atoms with Gasteiger partial charge in [0.05, 0.1) is 11.6 Å². The van der Waals surface area contributed by atoms with Gasteiger partial charge in [-0.1, -0.05) is 56.5 Å². The Bertz CT molecular complexity index is 816. The average molecular weight is 335 g/mol. The zero-order valence-electron chi connectivity index (χ0n) is 14.7. The lowest BCUT2D eigenvalue weighted by atomic mass is 10.0. The summed E-state index contributed by atoms with van der Waals surface area (Å²) in [6.07, 6.45) is 5.60. The van der Waals surface area contributed by atoms with Gasteiger partial charge in [0, 0.05) is 17.1 Å². The van der Waals surface area contributed by atoms with Crippen molar-refractivity contribution < 1.29 is 9.84 Å². The van der Waals surface area contributed by atoms with E-state index in [1.165, 1.54) is 0 Å². The van der Waals surface area contributed by atoms with E-state index in [-0.39, 0.29) is 0 Å². The molecule has 1 aromatic heterocycles. The number of aromatic nitrogens is 1. The molecule has 1 N–H and O–H groups in total. The number of aliphatic hydroxyl groups excluding tert-OH is 1. The van der Waals surface area contributed by atoms with E-state index in [9.17, 15) is 5.11 Å². The van der Waals surface area contributed by atoms with Crippen LogP contribution in [0.5, 0.6) is 5.75 Å². The smallest absolute Gasteiger partial charge is 0.120 e. The second kappa shape index (κ2) is 8.63. The van der Waals surface area contributed by atoms with Gasteiger partial charge in [-0.2, -0.15) is 0 Å². The monoisotopic (exact) mass is 335 g/mol. The molecular weight excluding hydrogens is 310 g/mol. The minimum absolute atomic E-state index is 0.419. The van der Waals surface area contributed by atoms with E-state index in [4.69, 9.17) is 4.74 Å². The number of hydrogen-bond donors (Lipinski definition) is 1. The predicted molar refractivity (Wildman–Crippen MR) is 102 cm³/mol. The highest BCUT2D eigenvalue weighted by Gasteiger charge is 2.08. The second-order valence-corrected chi connectivity index (χ2v) is 6.41. The Balaban J connectivity index is 1.63. The maximum atomic E-state index is 10.3. The molecule has 0 aliphatic rings. The van der Waals surface area contributed by atoms with Gasteiger partial charge in [0.1, 0.15) is 12.4 Å². The van der Waals surface area contributed by atoms with E-state index in [0.717, 1.165) is 53.5 Å². The molecule has 2 aromatic carbocycles. The molecule has 3 heteroatoms. The zero-order chi connectivity index (χ0) is 17.5. The molecule has 3 aromatic rings. The highest BCUT2D eigenvalue weighted by atomic mass is 16.5. The third-order valence-corrected chi connectivity index (χ3v) is 4.38. The van der Waals surface area contributed by atoms with Gasteiger partial charge < -0.3 is 9.84 Å². The average Bonchev–Trinajstić information content (AvgIpc) is 2.66. The molecule has 0 aliphatic heterocycles. The summed E-state index contributed by atoms with van der Waals surface area (Å²) in [5, 5.41) is 11.4. The molecule has 0 spiro atoms. The van der Waals surface area contributed by atoms with Gasteiger partial charge in [0.15, 0.2) is 0 Å². The number of aliphatic hydroxyl groups is 1. The Morgan fingerprint density at radius 2 is 1.92 bits per heavy atom. The first-order valence-electron chi connectivity index (χ1n) is 9.01. The summed E-state index contributed by atoms with van der Waals surface area (Å²) in [6.45, 7) is 2.63. The van der Waals surface area contributed by atoms with Crippen molar-refractivity contribution in [2.24, 2.45) is 0 Å². The Labute approximate surface area is 149 Å². The van der Waals surface area contributed by atoms with Crippen molar-refractivity contribution in [2.75, 3.05) is 0 Å². The molecule has 0 amide bonds. The zero-order valence-corrected chi connectivity index (χ0v) is 14.7. The van der Waals surface area contributed by atoms with Gasteiger partial charge in [0.25, 0.3) is 0 Å². The van der Waals surface area contributed by atoms with Crippen LogP contribution in [0.15, 0.2) is 60.8 Å². The molecule has 0 saturated carbocycles. The molecule has 1 atom stereocenters. The second-order valence-electron chi connectivity index (χ2n) is 6.41. The highest BCUT2D eigenvalue weighted by molar-refractivity contribution is 5.78. The van der Waals surface area contributed by atoms with Crippen molar-refractivity contribution in [1.82, 2.24) is 4.98 Å². The molecule has 130 valence electrons. The molecule has 25 heavy (non-hydrogen) atoms. The first kappa shape index (κ1) is 17.4. The largest absolute Gasteiger partial charge is 0.489 e. The fourth-order valence-corrected chi connectivity index (χ4v) is 2.93. The number of hydrogen-bond acceptors (Lipinski definition) is 3. The van der Waals surface area contributed by atoms with Crippen LogP contribution in [0.1, 0.15) is 49.8 Å². The fraction of sp³-hybridized carbons (Fsp3) is 0.318. The molecule has 0 radical (unpaired) electrons. The molecular formula is C22H25NO2. The quantitative estimate of drug-likeness (QED) is 0.558.